The average Bonchev–Trinajstić information content (AvgIpc) is 3.66. The maximum absolute atomic E-state index is 15.8. The summed E-state index contributed by atoms with van der Waals surface area (Å²) in [5.74, 6) is -2.14. The first-order valence-electron chi connectivity index (χ1n) is 13.8. The fourth-order valence-corrected chi connectivity index (χ4v) is 6.19. The molecule has 0 aliphatic heterocycles. The predicted octanol–water partition coefficient (Wildman–Crippen LogP) is 6.64. The molecule has 3 heterocycles. The van der Waals surface area contributed by atoms with Crippen LogP contribution in [-0.2, 0) is 23.1 Å². The number of carbonyl (C=O) groups excluding carboxylic acids is 1. The molecule has 1 saturated carbocycles. The van der Waals surface area contributed by atoms with E-state index in [9.17, 15) is 19.1 Å². The molecule has 11 heteroatoms. The molecule has 0 bridgehead atoms. The number of carbonyl (C=O) groups is 2. The molecule has 5 aromatic rings. The highest BCUT2D eigenvalue weighted by Gasteiger charge is 2.40. The lowest BCUT2D eigenvalue weighted by Crippen LogP contribution is -2.39. The minimum atomic E-state index is -1.09. The van der Waals surface area contributed by atoms with Crippen molar-refractivity contribution in [2.45, 2.75) is 31.7 Å². The molecule has 8 nitrogen and oxygen atoms in total. The number of rotatable bonds is 11. The zero-order valence-corrected chi connectivity index (χ0v) is 24.1. The molecule has 1 aliphatic carbocycles. The minimum Gasteiger partial charge on any atom is -0.481 e. The van der Waals surface area contributed by atoms with Gasteiger partial charge in [-0.15, -0.1) is 0 Å². The van der Waals surface area contributed by atoms with Crippen molar-refractivity contribution in [2.75, 3.05) is 11.8 Å². The van der Waals surface area contributed by atoms with Gasteiger partial charge in [-0.2, -0.15) is 4.39 Å². The van der Waals surface area contributed by atoms with Crippen molar-refractivity contribution in [3.8, 4) is 28.1 Å². The van der Waals surface area contributed by atoms with Crippen molar-refractivity contribution in [1.29, 1.82) is 0 Å². The summed E-state index contributed by atoms with van der Waals surface area (Å²) in [4.78, 5) is 36.3. The number of carboxylic acid groups (broad SMARTS) is 1. The number of anilines is 1. The van der Waals surface area contributed by atoms with E-state index in [1.165, 1.54) is 11.0 Å². The number of carboxylic acids is 1. The van der Waals surface area contributed by atoms with E-state index in [1.54, 1.807) is 18.3 Å². The average molecular weight is 603 g/mol. The van der Waals surface area contributed by atoms with Crippen molar-refractivity contribution in [2.24, 2.45) is 13.0 Å². The van der Waals surface area contributed by atoms with Crippen LogP contribution in [-0.4, -0.2) is 44.4 Å². The summed E-state index contributed by atoms with van der Waals surface area (Å²) < 4.78 is 35.9. The van der Waals surface area contributed by atoms with Crippen molar-refractivity contribution < 1.29 is 28.2 Å². The molecular weight excluding hydrogens is 574 g/mol. The van der Waals surface area contributed by atoms with Gasteiger partial charge >= 0.3 is 5.97 Å². The number of alkyl halides is 1. The van der Waals surface area contributed by atoms with Gasteiger partial charge in [0.2, 0.25) is 17.9 Å². The number of halogens is 2. The van der Waals surface area contributed by atoms with Crippen molar-refractivity contribution in [3.05, 3.63) is 83.8 Å². The van der Waals surface area contributed by atoms with Gasteiger partial charge < -0.3 is 14.4 Å². The second-order valence-electron chi connectivity index (χ2n) is 10.6. The van der Waals surface area contributed by atoms with Gasteiger partial charge in [0.25, 0.3) is 0 Å². The number of hydrogen-bond acceptors (Lipinski definition) is 6. The normalized spacial score (nSPS) is 13.7. The standard InChI is InChI=1S/C32H28F2N4O4S/c1-37-12-11-20-14-22(17-35-30(20)37)25-10-9-24(42-18-33)16-26(25)28-29(34)43-32(36-28)38(23-7-8-23)31(41)21(15-27(39)40)13-19-5-3-2-4-6-19/h2-6,9-12,14,16-17,21,23H,7-8,13,15,18H2,1H3,(H,39,40). The Morgan fingerprint density at radius 2 is 1.93 bits per heavy atom. The molecular formula is C32H28F2N4O4S. The highest BCUT2D eigenvalue weighted by atomic mass is 32.1. The van der Waals surface area contributed by atoms with E-state index in [1.807, 2.05) is 60.3 Å². The lowest BCUT2D eigenvalue weighted by molar-refractivity contribution is -0.140. The molecule has 1 fully saturated rings. The Hall–Kier alpha value is -4.64. The molecule has 6 rings (SSSR count). The van der Waals surface area contributed by atoms with Crippen LogP contribution in [0.1, 0.15) is 24.8 Å². The Morgan fingerprint density at radius 3 is 2.65 bits per heavy atom. The largest absolute Gasteiger partial charge is 0.481 e. The monoisotopic (exact) mass is 602 g/mol. The number of amides is 1. The Kier molecular flexibility index (Phi) is 7.90. The number of ether oxygens (including phenoxy) is 1. The number of hydrogen-bond donors (Lipinski definition) is 1. The number of aryl methyl sites for hydroxylation is 1. The van der Waals surface area contributed by atoms with Gasteiger partial charge in [0.1, 0.15) is 17.1 Å². The van der Waals surface area contributed by atoms with Crippen molar-refractivity contribution >= 4 is 39.4 Å². The number of fused-ring (bicyclic) bond motifs is 1. The summed E-state index contributed by atoms with van der Waals surface area (Å²) >= 11 is 0.732. The predicted molar refractivity (Wildman–Crippen MR) is 160 cm³/mol. The molecule has 0 spiro atoms. The summed E-state index contributed by atoms with van der Waals surface area (Å²) in [5, 5.41) is 10.0. The van der Waals surface area contributed by atoms with E-state index in [0.29, 0.717) is 29.5 Å². The van der Waals surface area contributed by atoms with Gasteiger partial charge in [-0.25, -0.2) is 14.4 Å². The fourth-order valence-electron chi connectivity index (χ4n) is 5.30. The molecule has 1 aliphatic rings. The molecule has 1 unspecified atom stereocenters. The van der Waals surface area contributed by atoms with E-state index in [-0.39, 0.29) is 35.5 Å². The SMILES string of the molecule is Cn1ccc2cc(-c3ccc(OCF)cc3-c3nc(N(C(=O)C(CC(=O)O)Cc4ccccc4)C4CC4)sc3F)cnc21. The Balaban J connectivity index is 1.40. The van der Waals surface area contributed by atoms with Gasteiger partial charge in [-0.05, 0) is 60.7 Å². The molecule has 43 heavy (non-hydrogen) atoms. The van der Waals surface area contributed by atoms with Gasteiger partial charge in [-0.1, -0.05) is 41.7 Å². The first-order chi connectivity index (χ1) is 20.8. The van der Waals surface area contributed by atoms with Crippen LogP contribution in [0.3, 0.4) is 0 Å². The zero-order chi connectivity index (χ0) is 30.1. The quantitative estimate of drug-likeness (QED) is 0.182. The first kappa shape index (κ1) is 28.5. The molecule has 1 atom stereocenters. The summed E-state index contributed by atoms with van der Waals surface area (Å²) in [6, 6.07) is 17.7. The maximum Gasteiger partial charge on any atom is 0.304 e. The molecule has 1 amide bonds. The van der Waals surface area contributed by atoms with Gasteiger partial charge in [0, 0.05) is 42.0 Å². The number of benzene rings is 2. The molecule has 3 aromatic heterocycles. The topological polar surface area (TPSA) is 97.6 Å². The molecule has 2 aromatic carbocycles. The number of aliphatic carboxylic acids is 1. The van der Waals surface area contributed by atoms with Crippen molar-refractivity contribution in [3.63, 3.8) is 0 Å². The molecule has 0 saturated heterocycles. The van der Waals surface area contributed by atoms with E-state index in [4.69, 9.17) is 4.74 Å². The van der Waals surface area contributed by atoms with Crippen LogP contribution < -0.4 is 9.64 Å². The van der Waals surface area contributed by atoms with Crippen LogP contribution in [0.4, 0.5) is 13.9 Å². The number of aromatic nitrogens is 3. The first-order valence-corrected chi connectivity index (χ1v) is 14.6. The second-order valence-corrected chi connectivity index (χ2v) is 11.5. The molecule has 0 radical (unpaired) electrons. The Morgan fingerprint density at radius 1 is 1.14 bits per heavy atom. The summed E-state index contributed by atoms with van der Waals surface area (Å²) in [6.45, 7) is -1.06. The second kappa shape index (κ2) is 11.9. The number of pyridine rings is 1. The maximum atomic E-state index is 15.8. The summed E-state index contributed by atoms with van der Waals surface area (Å²) in [7, 11) is 1.89. The van der Waals surface area contributed by atoms with Crippen LogP contribution in [0.25, 0.3) is 33.4 Å². The summed E-state index contributed by atoms with van der Waals surface area (Å²) in [6.07, 6.45) is 4.87. The van der Waals surface area contributed by atoms with Crippen molar-refractivity contribution in [1.82, 2.24) is 14.5 Å². The smallest absolute Gasteiger partial charge is 0.304 e. The minimum absolute atomic E-state index is 0.0104. The fraction of sp³-hybridized carbons (Fsp3) is 0.250. The third-order valence-electron chi connectivity index (χ3n) is 7.51. The highest BCUT2D eigenvalue weighted by Crippen LogP contribution is 2.42. The van der Waals surface area contributed by atoms with Gasteiger partial charge in [-0.3, -0.25) is 14.5 Å². The molecule has 220 valence electrons. The van der Waals surface area contributed by atoms with Crippen LogP contribution >= 0.6 is 11.3 Å². The van der Waals surface area contributed by atoms with Gasteiger partial charge in [0.15, 0.2) is 5.13 Å². The number of nitrogens with zero attached hydrogens (tertiary/aromatic N) is 4. The van der Waals surface area contributed by atoms with Crippen LogP contribution in [0.15, 0.2) is 73.1 Å². The van der Waals surface area contributed by atoms with Crippen LogP contribution in [0, 0.1) is 11.0 Å². The Bertz CT molecular complexity index is 1800. The van der Waals surface area contributed by atoms with E-state index in [2.05, 4.69) is 9.97 Å². The number of thiazole rings is 1. The van der Waals surface area contributed by atoms with E-state index in [0.717, 1.165) is 27.9 Å². The third kappa shape index (κ3) is 5.98. The zero-order valence-electron chi connectivity index (χ0n) is 23.2. The van der Waals surface area contributed by atoms with E-state index >= 15 is 4.39 Å². The molecule has 1 N–H and O–H groups in total. The van der Waals surface area contributed by atoms with E-state index < -0.39 is 29.8 Å². The van der Waals surface area contributed by atoms with Crippen LogP contribution in [0.2, 0.25) is 0 Å². The lowest BCUT2D eigenvalue weighted by Gasteiger charge is -2.24. The lowest BCUT2D eigenvalue weighted by atomic mass is 9.94. The summed E-state index contributed by atoms with van der Waals surface area (Å²) in [5.41, 5.74) is 3.28. The van der Waals surface area contributed by atoms with Crippen LogP contribution in [0.5, 0.6) is 5.75 Å². The third-order valence-corrected chi connectivity index (χ3v) is 8.35. The highest BCUT2D eigenvalue weighted by molar-refractivity contribution is 7.14. The van der Waals surface area contributed by atoms with Gasteiger partial charge in [0.05, 0.1) is 12.3 Å². The Labute approximate surface area is 250 Å².